The van der Waals surface area contributed by atoms with Crippen LogP contribution in [0.4, 0.5) is 5.69 Å². The van der Waals surface area contributed by atoms with Crippen molar-refractivity contribution in [3.63, 3.8) is 0 Å². The summed E-state index contributed by atoms with van der Waals surface area (Å²) in [7, 11) is 1.45. The molecule has 0 aliphatic heterocycles. The van der Waals surface area contributed by atoms with Crippen molar-refractivity contribution in [2.75, 3.05) is 7.11 Å². The first-order chi connectivity index (χ1) is 12.0. The van der Waals surface area contributed by atoms with Crippen molar-refractivity contribution in [3.05, 3.63) is 64.2 Å². The van der Waals surface area contributed by atoms with Gasteiger partial charge in [0.25, 0.3) is 11.6 Å². The van der Waals surface area contributed by atoms with Crippen molar-refractivity contribution >= 4 is 29.6 Å². The summed E-state index contributed by atoms with van der Waals surface area (Å²) in [5, 5.41) is 14.4. The van der Waals surface area contributed by atoms with Crippen LogP contribution in [0.15, 0.2) is 58.5 Å². The highest BCUT2D eigenvalue weighted by Crippen LogP contribution is 2.23. The van der Waals surface area contributed by atoms with Gasteiger partial charge in [-0.25, -0.2) is 5.43 Å². The summed E-state index contributed by atoms with van der Waals surface area (Å²) in [4.78, 5) is 23.4. The number of amides is 1. The number of carbonyl (C=O) groups excluding carboxylic acids is 1. The quantitative estimate of drug-likeness (QED) is 0.354. The summed E-state index contributed by atoms with van der Waals surface area (Å²) in [6.07, 6.45) is 1.32. The second-order valence-electron chi connectivity index (χ2n) is 4.99. The minimum absolute atomic E-state index is 0.0819. The summed E-state index contributed by atoms with van der Waals surface area (Å²) in [5.74, 6) is 0.157. The zero-order valence-corrected chi connectivity index (χ0v) is 14.5. The number of nitrogens with zero attached hydrogens (tertiary/aromatic N) is 2. The van der Waals surface area contributed by atoms with Gasteiger partial charge >= 0.3 is 0 Å². The van der Waals surface area contributed by atoms with E-state index in [4.69, 9.17) is 4.74 Å². The Morgan fingerprint density at radius 3 is 2.68 bits per heavy atom. The van der Waals surface area contributed by atoms with E-state index in [9.17, 15) is 14.9 Å². The van der Waals surface area contributed by atoms with Crippen LogP contribution in [0.2, 0.25) is 0 Å². The van der Waals surface area contributed by atoms with Crippen LogP contribution in [0.5, 0.6) is 5.75 Å². The monoisotopic (exact) mass is 359 g/mol. The second-order valence-corrected chi connectivity index (χ2v) is 6.40. The molecule has 2 aromatic rings. The fourth-order valence-electron chi connectivity index (χ4n) is 1.95. The molecular weight excluding hydrogens is 342 g/mol. The predicted octanol–water partition coefficient (Wildman–Crippen LogP) is 3.23. The van der Waals surface area contributed by atoms with Crippen molar-refractivity contribution in [3.8, 4) is 5.75 Å². The van der Waals surface area contributed by atoms with Crippen molar-refractivity contribution in [1.29, 1.82) is 0 Å². The molecule has 0 fully saturated rings. The van der Waals surface area contributed by atoms with Gasteiger partial charge in [-0.1, -0.05) is 18.2 Å². The largest absolute Gasteiger partial charge is 0.496 e. The molecule has 0 unspecified atom stereocenters. The maximum Gasteiger partial charge on any atom is 0.270 e. The first-order valence-electron chi connectivity index (χ1n) is 7.38. The van der Waals surface area contributed by atoms with Gasteiger partial charge in [-0.2, -0.15) is 5.10 Å². The zero-order valence-electron chi connectivity index (χ0n) is 13.7. The van der Waals surface area contributed by atoms with E-state index in [1.54, 1.807) is 6.92 Å². The van der Waals surface area contributed by atoms with E-state index >= 15 is 0 Å². The summed E-state index contributed by atoms with van der Waals surface area (Å²) >= 11 is 1.41. The Morgan fingerprint density at radius 1 is 1.32 bits per heavy atom. The average molecular weight is 359 g/mol. The van der Waals surface area contributed by atoms with E-state index in [2.05, 4.69) is 10.5 Å². The molecule has 1 amide bonds. The molecule has 25 heavy (non-hydrogen) atoms. The molecule has 0 radical (unpaired) electrons. The highest BCUT2D eigenvalue weighted by Gasteiger charge is 2.14. The fourth-order valence-corrected chi connectivity index (χ4v) is 2.83. The zero-order chi connectivity index (χ0) is 18.2. The third-order valence-electron chi connectivity index (χ3n) is 3.23. The van der Waals surface area contributed by atoms with Gasteiger partial charge in [0.1, 0.15) is 5.75 Å². The molecule has 0 saturated heterocycles. The topological polar surface area (TPSA) is 93.8 Å². The van der Waals surface area contributed by atoms with E-state index in [-0.39, 0.29) is 16.8 Å². The summed E-state index contributed by atoms with van der Waals surface area (Å²) in [6, 6.07) is 13.7. The molecule has 0 spiro atoms. The first kappa shape index (κ1) is 18.5. The van der Waals surface area contributed by atoms with E-state index < -0.39 is 4.92 Å². The molecule has 1 atom stereocenters. The summed E-state index contributed by atoms with van der Waals surface area (Å²) in [6.45, 7) is 1.77. The van der Waals surface area contributed by atoms with Crippen LogP contribution < -0.4 is 10.2 Å². The molecule has 0 bridgehead atoms. The average Bonchev–Trinajstić information content (AvgIpc) is 2.62. The molecule has 1 N–H and O–H groups in total. The number of hydrazone groups is 1. The highest BCUT2D eigenvalue weighted by atomic mass is 32.2. The molecule has 0 aromatic heterocycles. The van der Waals surface area contributed by atoms with Crippen molar-refractivity contribution < 1.29 is 14.5 Å². The number of carbonyl (C=O) groups is 1. The van der Waals surface area contributed by atoms with Crippen molar-refractivity contribution in [1.82, 2.24) is 5.43 Å². The van der Waals surface area contributed by atoms with Gasteiger partial charge in [-0.05, 0) is 25.1 Å². The number of nitrogens with one attached hydrogen (secondary N) is 1. The number of methoxy groups -OCH3 is 1. The lowest BCUT2D eigenvalue weighted by atomic mass is 10.2. The normalized spacial score (nSPS) is 11.9. The van der Waals surface area contributed by atoms with Crippen molar-refractivity contribution in [2.45, 2.75) is 17.1 Å². The smallest absolute Gasteiger partial charge is 0.270 e. The molecule has 7 nitrogen and oxygen atoms in total. The van der Waals surface area contributed by atoms with E-state index in [1.807, 2.05) is 30.3 Å². The maximum absolute atomic E-state index is 12.1. The Labute approximate surface area is 149 Å². The van der Waals surface area contributed by atoms with Gasteiger partial charge in [0.05, 0.1) is 23.5 Å². The van der Waals surface area contributed by atoms with Crippen LogP contribution in [0, 0.1) is 10.1 Å². The minimum atomic E-state index is -0.506. The van der Waals surface area contributed by atoms with E-state index in [0.717, 1.165) is 4.90 Å². The van der Waals surface area contributed by atoms with Gasteiger partial charge in [0, 0.05) is 22.6 Å². The molecule has 0 saturated carbocycles. The lowest BCUT2D eigenvalue weighted by molar-refractivity contribution is -0.384. The Balaban J connectivity index is 2.01. The number of hydrogen-bond donors (Lipinski definition) is 1. The lowest BCUT2D eigenvalue weighted by Crippen LogP contribution is -2.26. The third kappa shape index (κ3) is 5.32. The van der Waals surface area contributed by atoms with Gasteiger partial charge < -0.3 is 4.74 Å². The number of non-ortho nitro benzene ring substituents is 1. The number of hydrogen-bond acceptors (Lipinski definition) is 6. The highest BCUT2D eigenvalue weighted by molar-refractivity contribution is 8.00. The first-order valence-corrected chi connectivity index (χ1v) is 8.26. The number of nitro groups is 1. The standard InChI is InChI=1S/C17H17N3O4S/c1-12(25-15-6-4-3-5-7-15)17(21)19-18-11-13-10-14(20(22)23)8-9-16(13)24-2/h3-12H,1-2H3,(H,19,21)/b18-11-/t12-/m1/s1. The fraction of sp³-hybridized carbons (Fsp3) is 0.176. The van der Waals surface area contributed by atoms with Crippen LogP contribution in [0.25, 0.3) is 0 Å². The molecule has 0 aliphatic rings. The molecule has 0 heterocycles. The van der Waals surface area contributed by atoms with Crippen LogP contribution in [0.1, 0.15) is 12.5 Å². The van der Waals surface area contributed by atoms with Gasteiger partial charge in [0.2, 0.25) is 0 Å². The van der Waals surface area contributed by atoms with Gasteiger partial charge in [0.15, 0.2) is 0 Å². The number of thioether (sulfide) groups is 1. The van der Waals surface area contributed by atoms with Crippen LogP contribution in [0.3, 0.4) is 0 Å². The van der Waals surface area contributed by atoms with Crippen LogP contribution in [-0.2, 0) is 4.79 Å². The predicted molar refractivity (Wildman–Crippen MR) is 97.1 cm³/mol. The van der Waals surface area contributed by atoms with Crippen LogP contribution >= 0.6 is 11.8 Å². The Kier molecular flexibility index (Phi) is 6.53. The lowest BCUT2D eigenvalue weighted by Gasteiger charge is -2.09. The Morgan fingerprint density at radius 2 is 2.04 bits per heavy atom. The Bertz CT molecular complexity index is 781. The third-order valence-corrected chi connectivity index (χ3v) is 4.34. The number of benzene rings is 2. The number of rotatable bonds is 7. The number of nitro benzene ring substituents is 1. The van der Waals surface area contributed by atoms with Gasteiger partial charge in [-0.3, -0.25) is 14.9 Å². The molecule has 2 rings (SSSR count). The number of ether oxygens (including phenoxy) is 1. The molecule has 130 valence electrons. The SMILES string of the molecule is COc1ccc([N+](=O)[O-])cc1/C=N\NC(=O)[C@@H](C)Sc1ccccc1. The van der Waals surface area contributed by atoms with Crippen molar-refractivity contribution in [2.24, 2.45) is 5.10 Å². The second kappa shape index (κ2) is 8.84. The minimum Gasteiger partial charge on any atom is -0.496 e. The maximum atomic E-state index is 12.1. The molecule has 0 aliphatic carbocycles. The Hall–Kier alpha value is -2.87. The van der Waals surface area contributed by atoms with E-state index in [0.29, 0.717) is 11.3 Å². The molecule has 2 aromatic carbocycles. The van der Waals surface area contributed by atoms with E-state index in [1.165, 1.54) is 43.3 Å². The molecular formula is C17H17N3O4S. The summed E-state index contributed by atoms with van der Waals surface area (Å²) in [5.41, 5.74) is 2.76. The summed E-state index contributed by atoms with van der Waals surface area (Å²) < 4.78 is 5.13. The van der Waals surface area contributed by atoms with Crippen LogP contribution in [-0.4, -0.2) is 29.4 Å². The molecule has 8 heteroatoms. The van der Waals surface area contributed by atoms with Gasteiger partial charge in [-0.15, -0.1) is 11.8 Å².